The Morgan fingerprint density at radius 1 is 0.929 bits per heavy atom. The zero-order valence-electron chi connectivity index (χ0n) is 10.1. The molecule has 0 saturated heterocycles. The first-order valence-electron chi connectivity index (χ1n) is 5.99. The molecule has 0 bridgehead atoms. The van der Waals surface area contributed by atoms with E-state index in [0.29, 0.717) is 0 Å². The van der Waals surface area contributed by atoms with Crippen molar-refractivity contribution in [3.63, 3.8) is 0 Å². The summed E-state index contributed by atoms with van der Waals surface area (Å²) in [6, 6.07) is 10.8. The SMILES string of the molecule is CC.CC.c1ccc(CC2CC2)cc1. The van der Waals surface area contributed by atoms with Gasteiger partial charge in [0.2, 0.25) is 0 Å². The Morgan fingerprint density at radius 3 is 1.86 bits per heavy atom. The van der Waals surface area contributed by atoms with Gasteiger partial charge in [-0.15, -0.1) is 0 Å². The molecule has 1 aromatic rings. The maximum atomic E-state index is 2.22. The van der Waals surface area contributed by atoms with E-state index in [1.807, 2.05) is 27.7 Å². The first-order chi connectivity index (χ1) is 6.95. The van der Waals surface area contributed by atoms with Gasteiger partial charge in [0.25, 0.3) is 0 Å². The van der Waals surface area contributed by atoms with Crippen LogP contribution in [0.15, 0.2) is 30.3 Å². The molecule has 2 rings (SSSR count). The highest BCUT2D eigenvalue weighted by Crippen LogP contribution is 2.32. The molecule has 1 saturated carbocycles. The first-order valence-corrected chi connectivity index (χ1v) is 5.99. The lowest BCUT2D eigenvalue weighted by Crippen LogP contribution is -1.84. The molecule has 0 unspecified atom stereocenters. The van der Waals surface area contributed by atoms with Crippen molar-refractivity contribution in [1.82, 2.24) is 0 Å². The first kappa shape index (κ1) is 13.2. The highest BCUT2D eigenvalue weighted by Gasteiger charge is 2.20. The van der Waals surface area contributed by atoms with Gasteiger partial charge in [-0.1, -0.05) is 58.0 Å². The fourth-order valence-corrected chi connectivity index (χ4v) is 1.27. The number of hydrogen-bond donors (Lipinski definition) is 0. The lowest BCUT2D eigenvalue weighted by Gasteiger charge is -1.95. The average molecular weight is 192 g/mol. The van der Waals surface area contributed by atoms with Gasteiger partial charge in [-0.2, -0.15) is 0 Å². The Labute approximate surface area is 89.4 Å². The molecule has 1 aliphatic carbocycles. The zero-order valence-corrected chi connectivity index (χ0v) is 10.1. The monoisotopic (exact) mass is 192 g/mol. The van der Waals surface area contributed by atoms with Crippen LogP contribution < -0.4 is 0 Å². The van der Waals surface area contributed by atoms with Crippen LogP contribution in [0.2, 0.25) is 0 Å². The zero-order chi connectivity index (χ0) is 10.8. The van der Waals surface area contributed by atoms with Gasteiger partial charge in [0.05, 0.1) is 0 Å². The molecule has 0 heterocycles. The summed E-state index contributed by atoms with van der Waals surface area (Å²) in [4.78, 5) is 0. The van der Waals surface area contributed by atoms with Crippen molar-refractivity contribution in [1.29, 1.82) is 0 Å². The molecule has 0 aliphatic heterocycles. The molecule has 0 aromatic heterocycles. The van der Waals surface area contributed by atoms with Gasteiger partial charge >= 0.3 is 0 Å². The maximum absolute atomic E-state index is 2.22. The molecule has 1 aliphatic rings. The van der Waals surface area contributed by atoms with E-state index in [1.54, 1.807) is 0 Å². The largest absolute Gasteiger partial charge is 0.0683 e. The van der Waals surface area contributed by atoms with Crippen LogP contribution in [0.5, 0.6) is 0 Å². The summed E-state index contributed by atoms with van der Waals surface area (Å²) < 4.78 is 0. The van der Waals surface area contributed by atoms with E-state index in [1.165, 1.54) is 24.8 Å². The molecule has 80 valence electrons. The van der Waals surface area contributed by atoms with E-state index in [0.717, 1.165) is 5.92 Å². The summed E-state index contributed by atoms with van der Waals surface area (Å²) in [5.41, 5.74) is 1.50. The Balaban J connectivity index is 0.000000379. The Bertz CT molecular complexity index is 197. The predicted octanol–water partition coefficient (Wildman–Crippen LogP) is 4.69. The molecule has 1 fully saturated rings. The molecule has 1 aromatic carbocycles. The summed E-state index contributed by atoms with van der Waals surface area (Å²) in [5, 5.41) is 0. The molecule has 0 radical (unpaired) electrons. The Morgan fingerprint density at radius 2 is 1.43 bits per heavy atom. The van der Waals surface area contributed by atoms with Crippen LogP contribution >= 0.6 is 0 Å². The third-order valence-electron chi connectivity index (χ3n) is 2.06. The molecule has 0 nitrogen and oxygen atoms in total. The molecule has 0 atom stereocenters. The van der Waals surface area contributed by atoms with Gasteiger partial charge < -0.3 is 0 Å². The second-order valence-corrected chi connectivity index (χ2v) is 3.13. The van der Waals surface area contributed by atoms with Crippen molar-refractivity contribution in [3.8, 4) is 0 Å². The maximum Gasteiger partial charge on any atom is -0.0250 e. The van der Waals surface area contributed by atoms with Gasteiger partial charge in [0.1, 0.15) is 0 Å². The van der Waals surface area contributed by atoms with Crippen LogP contribution in [0.3, 0.4) is 0 Å². The second kappa shape index (κ2) is 8.80. The Kier molecular flexibility index (Phi) is 8.31. The van der Waals surface area contributed by atoms with Crippen LogP contribution in [-0.4, -0.2) is 0 Å². The van der Waals surface area contributed by atoms with Crippen molar-refractivity contribution in [2.75, 3.05) is 0 Å². The lowest BCUT2D eigenvalue weighted by molar-refractivity contribution is 0.832. The van der Waals surface area contributed by atoms with Crippen LogP contribution in [0, 0.1) is 5.92 Å². The highest BCUT2D eigenvalue weighted by molar-refractivity contribution is 5.15. The van der Waals surface area contributed by atoms with Crippen molar-refractivity contribution in [2.24, 2.45) is 5.92 Å². The summed E-state index contributed by atoms with van der Waals surface area (Å²) in [6.45, 7) is 8.00. The summed E-state index contributed by atoms with van der Waals surface area (Å²) >= 11 is 0. The second-order valence-electron chi connectivity index (χ2n) is 3.13. The van der Waals surface area contributed by atoms with E-state index in [9.17, 15) is 0 Å². The van der Waals surface area contributed by atoms with Gasteiger partial charge in [-0.05, 0) is 30.7 Å². The van der Waals surface area contributed by atoms with Crippen molar-refractivity contribution in [3.05, 3.63) is 35.9 Å². The smallest absolute Gasteiger partial charge is 0.0250 e. The van der Waals surface area contributed by atoms with Crippen molar-refractivity contribution < 1.29 is 0 Å². The minimum Gasteiger partial charge on any atom is -0.0683 e. The van der Waals surface area contributed by atoms with Gasteiger partial charge in [0.15, 0.2) is 0 Å². The van der Waals surface area contributed by atoms with E-state index in [4.69, 9.17) is 0 Å². The van der Waals surface area contributed by atoms with E-state index in [2.05, 4.69) is 30.3 Å². The van der Waals surface area contributed by atoms with Crippen molar-refractivity contribution >= 4 is 0 Å². The molecule has 0 spiro atoms. The van der Waals surface area contributed by atoms with E-state index < -0.39 is 0 Å². The quantitative estimate of drug-likeness (QED) is 0.637. The van der Waals surface area contributed by atoms with Crippen LogP contribution in [-0.2, 0) is 6.42 Å². The number of rotatable bonds is 2. The topological polar surface area (TPSA) is 0 Å². The highest BCUT2D eigenvalue weighted by atomic mass is 14.3. The third kappa shape index (κ3) is 5.80. The van der Waals surface area contributed by atoms with Gasteiger partial charge in [-0.25, -0.2) is 0 Å². The predicted molar refractivity (Wildman–Crippen MR) is 65.6 cm³/mol. The summed E-state index contributed by atoms with van der Waals surface area (Å²) in [7, 11) is 0. The van der Waals surface area contributed by atoms with Crippen molar-refractivity contribution in [2.45, 2.75) is 47.0 Å². The average Bonchev–Trinajstić information content (AvgIpc) is 3.09. The minimum absolute atomic E-state index is 1.02. The molecule has 0 heteroatoms. The fourth-order valence-electron chi connectivity index (χ4n) is 1.27. The van der Waals surface area contributed by atoms with Crippen LogP contribution in [0.4, 0.5) is 0 Å². The summed E-state index contributed by atoms with van der Waals surface area (Å²) in [6.07, 6.45) is 4.21. The molecular weight excluding hydrogens is 168 g/mol. The minimum atomic E-state index is 1.02. The fraction of sp³-hybridized carbons (Fsp3) is 0.571. The molecular formula is C14H24. The van der Waals surface area contributed by atoms with E-state index in [-0.39, 0.29) is 0 Å². The Hall–Kier alpha value is -0.780. The summed E-state index contributed by atoms with van der Waals surface area (Å²) in [5.74, 6) is 1.02. The van der Waals surface area contributed by atoms with Crippen LogP contribution in [0.25, 0.3) is 0 Å². The van der Waals surface area contributed by atoms with Crippen LogP contribution in [0.1, 0.15) is 46.1 Å². The van der Waals surface area contributed by atoms with Gasteiger partial charge in [-0.3, -0.25) is 0 Å². The normalized spacial score (nSPS) is 13.1. The molecule has 0 amide bonds. The lowest BCUT2D eigenvalue weighted by atomic mass is 10.1. The standard InChI is InChI=1S/C10H12.2C2H6/c1-2-4-9(5-3-1)8-10-6-7-10;2*1-2/h1-5,10H,6-8H2;2*1-2H3. The molecule has 0 N–H and O–H groups in total. The number of hydrogen-bond acceptors (Lipinski definition) is 0. The number of benzene rings is 1. The third-order valence-corrected chi connectivity index (χ3v) is 2.06. The van der Waals surface area contributed by atoms with E-state index >= 15 is 0 Å². The molecule has 14 heavy (non-hydrogen) atoms. The van der Waals surface area contributed by atoms with Gasteiger partial charge in [0, 0.05) is 0 Å².